The quantitative estimate of drug-likeness (QED) is 0.123. The first-order chi connectivity index (χ1) is 29.4. The third kappa shape index (κ3) is 5.91. The Bertz CT molecular complexity index is 3120. The molecule has 0 atom stereocenters. The Morgan fingerprint density at radius 2 is 0.500 bits per heavy atom. The Kier molecular flexibility index (Phi) is 8.35. The van der Waals surface area contributed by atoms with Gasteiger partial charge in [0.2, 0.25) is 0 Å². The van der Waals surface area contributed by atoms with Crippen LogP contribution in [-0.2, 0) is 0 Å². The second-order valence-electron chi connectivity index (χ2n) is 15.8. The Morgan fingerprint density at radius 1 is 0.250 bits per heavy atom. The summed E-state index contributed by atoms with van der Waals surface area (Å²) in [6, 6.07) is 66.0. The minimum atomic E-state index is -0.263. The van der Waals surface area contributed by atoms with E-state index >= 15 is 0 Å². The van der Waals surface area contributed by atoms with Crippen LogP contribution in [0.25, 0.3) is 64.6 Å². The van der Waals surface area contributed by atoms with E-state index in [1.807, 2.05) is 24.3 Å². The van der Waals surface area contributed by atoms with Crippen molar-refractivity contribution < 1.29 is 8.78 Å². The van der Waals surface area contributed by atoms with E-state index < -0.39 is 0 Å². The lowest BCUT2D eigenvalue weighted by atomic mass is 9.88. The molecule has 0 amide bonds. The highest BCUT2D eigenvalue weighted by Gasteiger charge is 2.19. The van der Waals surface area contributed by atoms with Crippen molar-refractivity contribution in [3.05, 3.63) is 217 Å². The number of benzene rings is 11. The van der Waals surface area contributed by atoms with Crippen molar-refractivity contribution in [2.75, 3.05) is 9.80 Å². The van der Waals surface area contributed by atoms with Gasteiger partial charge in [-0.2, -0.15) is 0 Å². The summed E-state index contributed by atoms with van der Waals surface area (Å²) in [6.45, 7) is 4.17. The molecule has 0 radical (unpaired) electrons. The molecular weight excluding hydrogens is 739 g/mol. The van der Waals surface area contributed by atoms with E-state index in [0.717, 1.165) is 44.9 Å². The van der Waals surface area contributed by atoms with E-state index in [-0.39, 0.29) is 11.6 Å². The molecule has 11 rings (SSSR count). The van der Waals surface area contributed by atoms with Crippen LogP contribution in [0.4, 0.5) is 42.9 Å². The predicted molar refractivity (Wildman–Crippen MR) is 250 cm³/mol. The van der Waals surface area contributed by atoms with Crippen LogP contribution in [0.1, 0.15) is 11.1 Å². The van der Waals surface area contributed by atoms with Gasteiger partial charge in [0.05, 0.1) is 0 Å². The maximum absolute atomic E-state index is 14.2. The van der Waals surface area contributed by atoms with Gasteiger partial charge in [-0.25, -0.2) is 8.78 Å². The lowest BCUT2D eigenvalue weighted by Gasteiger charge is -2.26. The number of halogens is 2. The van der Waals surface area contributed by atoms with Crippen LogP contribution in [0.5, 0.6) is 0 Å². The van der Waals surface area contributed by atoms with Gasteiger partial charge in [0.25, 0.3) is 0 Å². The lowest BCUT2D eigenvalue weighted by Crippen LogP contribution is -2.10. The Morgan fingerprint density at radius 3 is 0.817 bits per heavy atom. The average molecular weight is 777 g/mol. The van der Waals surface area contributed by atoms with Crippen LogP contribution in [0.3, 0.4) is 0 Å². The van der Waals surface area contributed by atoms with Gasteiger partial charge in [0.1, 0.15) is 11.6 Å². The largest absolute Gasteiger partial charge is 0.310 e. The molecule has 0 N–H and O–H groups in total. The highest BCUT2D eigenvalue weighted by molar-refractivity contribution is 6.33. The molecule has 0 fully saturated rings. The first kappa shape index (κ1) is 35.6. The fraction of sp³-hybridized carbons (Fsp3) is 0.0357. The van der Waals surface area contributed by atoms with Crippen molar-refractivity contribution in [2.45, 2.75) is 13.8 Å². The van der Waals surface area contributed by atoms with Crippen molar-refractivity contribution >= 4 is 98.8 Å². The standard InChI is InChI=1S/C56H38F2N2/c1-35-11-19-39(20-12-35)59(41-23-15-37(57)16-24-41)43-27-29-49-51(31-43)45-7-3-5-9-47(45)53-34-56-50-30-28-44(32-52(50)46-8-4-6-10-48(46)54(56)33-55(49)53)60(40-21-13-36(2)14-22-40)42-25-17-38(58)18-26-42/h3-34H,1-2H3. The summed E-state index contributed by atoms with van der Waals surface area (Å²) in [7, 11) is 0. The minimum Gasteiger partial charge on any atom is -0.310 e. The zero-order valence-corrected chi connectivity index (χ0v) is 33.1. The van der Waals surface area contributed by atoms with E-state index in [1.165, 1.54) is 89.3 Å². The molecule has 286 valence electrons. The maximum Gasteiger partial charge on any atom is 0.123 e. The molecule has 0 aliphatic carbocycles. The summed E-state index contributed by atoms with van der Waals surface area (Å²) in [6.07, 6.45) is 0. The fourth-order valence-corrected chi connectivity index (χ4v) is 9.12. The Hall–Kier alpha value is -7.56. The summed E-state index contributed by atoms with van der Waals surface area (Å²) in [5.41, 5.74) is 8.12. The highest BCUT2D eigenvalue weighted by Crippen LogP contribution is 2.46. The van der Waals surface area contributed by atoms with Crippen molar-refractivity contribution in [1.29, 1.82) is 0 Å². The van der Waals surface area contributed by atoms with Crippen LogP contribution in [0.2, 0.25) is 0 Å². The maximum atomic E-state index is 14.2. The summed E-state index contributed by atoms with van der Waals surface area (Å²) >= 11 is 0. The molecule has 0 bridgehead atoms. The van der Waals surface area contributed by atoms with Gasteiger partial charge >= 0.3 is 0 Å². The first-order valence-electron chi connectivity index (χ1n) is 20.3. The zero-order chi connectivity index (χ0) is 40.5. The molecule has 0 unspecified atom stereocenters. The second kappa shape index (κ2) is 14.1. The van der Waals surface area contributed by atoms with Crippen LogP contribution in [0, 0.1) is 25.5 Å². The van der Waals surface area contributed by atoms with Crippen LogP contribution in [-0.4, -0.2) is 0 Å². The monoisotopic (exact) mass is 776 g/mol. The topological polar surface area (TPSA) is 6.48 Å². The SMILES string of the molecule is Cc1ccc(N(c2ccc(F)cc2)c2ccc3c(c2)c2ccccc2c2cc4c5ccc(N(c6ccc(C)cc6)c6ccc(F)cc6)cc5c5ccccc5c4cc32)cc1. The van der Waals surface area contributed by atoms with Gasteiger partial charge < -0.3 is 9.80 Å². The van der Waals surface area contributed by atoms with Crippen LogP contribution >= 0.6 is 0 Å². The number of nitrogens with zero attached hydrogens (tertiary/aromatic N) is 2. The molecule has 0 aromatic heterocycles. The normalized spacial score (nSPS) is 11.7. The van der Waals surface area contributed by atoms with Crippen molar-refractivity contribution in [1.82, 2.24) is 0 Å². The zero-order valence-electron chi connectivity index (χ0n) is 33.1. The van der Waals surface area contributed by atoms with Gasteiger partial charge in [0, 0.05) is 34.1 Å². The number of rotatable bonds is 6. The van der Waals surface area contributed by atoms with Gasteiger partial charge in [-0.05, 0) is 188 Å². The summed E-state index contributed by atoms with van der Waals surface area (Å²) in [5.74, 6) is -0.526. The minimum absolute atomic E-state index is 0.263. The van der Waals surface area contributed by atoms with Crippen molar-refractivity contribution in [2.24, 2.45) is 0 Å². The number of fused-ring (bicyclic) bond motifs is 12. The van der Waals surface area contributed by atoms with Gasteiger partial charge in [-0.3, -0.25) is 0 Å². The van der Waals surface area contributed by atoms with Crippen molar-refractivity contribution in [3.8, 4) is 0 Å². The molecule has 0 aliphatic rings. The molecule has 0 saturated carbocycles. The molecule has 0 saturated heterocycles. The fourth-order valence-electron chi connectivity index (χ4n) is 9.12. The van der Waals surface area contributed by atoms with Crippen LogP contribution in [0.15, 0.2) is 194 Å². The molecule has 2 nitrogen and oxygen atoms in total. The first-order valence-corrected chi connectivity index (χ1v) is 20.3. The molecule has 0 spiro atoms. The number of hydrogen-bond acceptors (Lipinski definition) is 2. The number of anilines is 6. The second-order valence-corrected chi connectivity index (χ2v) is 15.8. The Balaban J connectivity index is 1.16. The molecule has 0 heterocycles. The molecule has 11 aromatic carbocycles. The molecule has 0 aliphatic heterocycles. The summed E-state index contributed by atoms with van der Waals surface area (Å²) in [5, 5.41) is 14.1. The van der Waals surface area contributed by atoms with E-state index in [1.54, 1.807) is 0 Å². The molecule has 4 heteroatoms. The number of hydrogen-bond donors (Lipinski definition) is 0. The van der Waals surface area contributed by atoms with Gasteiger partial charge in [-0.1, -0.05) is 96.1 Å². The van der Waals surface area contributed by atoms with E-state index in [0.29, 0.717) is 0 Å². The molecule has 60 heavy (non-hydrogen) atoms. The van der Waals surface area contributed by atoms with E-state index in [2.05, 4.69) is 169 Å². The molecule has 11 aromatic rings. The lowest BCUT2D eigenvalue weighted by molar-refractivity contribution is 0.627. The third-order valence-electron chi connectivity index (χ3n) is 12.0. The van der Waals surface area contributed by atoms with E-state index in [4.69, 9.17) is 0 Å². The molecular formula is C56H38F2N2. The van der Waals surface area contributed by atoms with Gasteiger partial charge in [0.15, 0.2) is 0 Å². The summed E-state index contributed by atoms with van der Waals surface area (Å²) < 4.78 is 28.4. The van der Waals surface area contributed by atoms with Gasteiger partial charge in [-0.15, -0.1) is 0 Å². The van der Waals surface area contributed by atoms with Crippen LogP contribution < -0.4 is 9.80 Å². The van der Waals surface area contributed by atoms with Crippen molar-refractivity contribution in [3.63, 3.8) is 0 Å². The Labute approximate surface area is 346 Å². The highest BCUT2D eigenvalue weighted by atomic mass is 19.1. The average Bonchev–Trinajstić information content (AvgIpc) is 3.29. The number of aryl methyl sites for hydroxylation is 2. The predicted octanol–water partition coefficient (Wildman–Crippen LogP) is 16.4. The van der Waals surface area contributed by atoms with E-state index in [9.17, 15) is 8.78 Å². The smallest absolute Gasteiger partial charge is 0.123 e. The summed E-state index contributed by atoms with van der Waals surface area (Å²) in [4.78, 5) is 4.39. The third-order valence-corrected chi connectivity index (χ3v) is 12.0.